The average Bonchev–Trinajstić information content (AvgIpc) is 2.99. The molecule has 7 aromatic carbocycles. The fourth-order valence-corrected chi connectivity index (χ4v) is 5.97. The van der Waals surface area contributed by atoms with Gasteiger partial charge in [0.2, 0.25) is 0 Å². The Bertz CT molecular complexity index is 2340. The molecule has 0 spiro atoms. The number of pyridine rings is 2. The largest absolute Gasteiger partial charge is 0.305 e. The summed E-state index contributed by atoms with van der Waals surface area (Å²) in [6, 6.07) is 37.2. The maximum absolute atomic E-state index is 13.2. The molecule has 0 aliphatic rings. The molecule has 2 aromatic heterocycles. The number of benzene rings is 7. The number of hydrogen-bond acceptors (Lipinski definition) is 2. The molecule has 41 heavy (non-hydrogen) atoms. The van der Waals surface area contributed by atoms with Crippen LogP contribution < -0.4 is 0 Å². The summed E-state index contributed by atoms with van der Waals surface area (Å²) in [6.45, 7) is 0. The van der Waals surface area contributed by atoms with Gasteiger partial charge in [0.05, 0.1) is 0 Å². The van der Waals surface area contributed by atoms with Crippen molar-refractivity contribution in [1.29, 1.82) is 0 Å². The summed E-state index contributed by atoms with van der Waals surface area (Å²) in [7, 11) is 0. The van der Waals surface area contributed by atoms with Crippen LogP contribution in [-0.2, 0) is 20.1 Å². The van der Waals surface area contributed by atoms with Gasteiger partial charge in [0.1, 0.15) is 0 Å². The Hall–Kier alpha value is -4.57. The van der Waals surface area contributed by atoms with Gasteiger partial charge in [-0.05, 0) is 55.7 Å². The normalized spacial score (nSPS) is 11.5. The first-order chi connectivity index (χ1) is 19.7. The minimum absolute atomic E-state index is 0. The van der Waals surface area contributed by atoms with Crippen molar-refractivity contribution in [2.24, 2.45) is 0 Å². The van der Waals surface area contributed by atoms with Gasteiger partial charge in [0.25, 0.3) is 0 Å². The fourth-order valence-electron chi connectivity index (χ4n) is 5.97. The SMILES string of the molecule is Fc1c[c-]c(-c2ccccn2)c(F)c1.[Ir].[c-]1cc2ccc3cccc4cc5c6cccc7ccnc(c1c5c2c34)c76. The first kappa shape index (κ1) is 25.4. The number of hydrogen-bond donors (Lipinski definition) is 0. The van der Waals surface area contributed by atoms with E-state index >= 15 is 0 Å². The molecule has 0 aliphatic heterocycles. The third-order valence-electron chi connectivity index (χ3n) is 7.65. The number of aromatic nitrogens is 2. The Morgan fingerprint density at radius 1 is 0.561 bits per heavy atom. The number of rotatable bonds is 1. The first-order valence-electron chi connectivity index (χ1n) is 13.0. The van der Waals surface area contributed by atoms with Gasteiger partial charge in [-0.2, -0.15) is 0 Å². The van der Waals surface area contributed by atoms with E-state index in [-0.39, 0.29) is 25.7 Å². The Morgan fingerprint density at radius 3 is 2.20 bits per heavy atom. The molecule has 0 unspecified atom stereocenters. The van der Waals surface area contributed by atoms with Gasteiger partial charge in [0.15, 0.2) is 0 Å². The van der Waals surface area contributed by atoms with Crippen LogP contribution in [0, 0.1) is 23.8 Å². The van der Waals surface area contributed by atoms with Crippen LogP contribution in [-0.4, -0.2) is 9.97 Å². The van der Waals surface area contributed by atoms with Crippen LogP contribution in [0.3, 0.4) is 0 Å². The van der Waals surface area contributed by atoms with Crippen molar-refractivity contribution in [2.45, 2.75) is 0 Å². The number of fused-ring (bicyclic) bond motifs is 2. The zero-order valence-electron chi connectivity index (χ0n) is 21.4. The van der Waals surface area contributed by atoms with Crippen molar-refractivity contribution in [1.82, 2.24) is 9.97 Å². The van der Waals surface area contributed by atoms with Gasteiger partial charge in [-0.3, -0.25) is 8.78 Å². The summed E-state index contributed by atoms with van der Waals surface area (Å²) in [5.41, 5.74) is 1.69. The van der Waals surface area contributed by atoms with E-state index in [9.17, 15) is 8.78 Å². The van der Waals surface area contributed by atoms with E-state index < -0.39 is 11.6 Å². The van der Waals surface area contributed by atoms with E-state index in [1.54, 1.807) is 24.4 Å². The molecule has 2 heterocycles. The molecule has 0 amide bonds. The molecule has 5 heteroatoms. The molecule has 0 saturated heterocycles. The molecule has 9 rings (SSSR count). The molecule has 0 atom stereocenters. The Balaban J connectivity index is 0.000000158. The van der Waals surface area contributed by atoms with Crippen LogP contribution in [0.15, 0.2) is 109 Å². The van der Waals surface area contributed by atoms with Crippen LogP contribution in [0.4, 0.5) is 8.78 Å². The molecule has 2 nitrogen and oxygen atoms in total. The minimum atomic E-state index is -0.649. The van der Waals surface area contributed by atoms with Crippen molar-refractivity contribution >= 4 is 64.8 Å². The standard InChI is InChI=1S/C25H12N.C11H6F2N.Ir/c1-3-14-7-8-16-9-10-19-24-20(13-17(5-1)21(14)23(16)24)18-6-2-4-15-11-12-26-25(19)22(15)18;12-8-4-5-9(10(13)7-8)11-3-1-2-6-14-11;/h1-9,11-13H;1-4,6-7H;/q2*-1;. The molecule has 1 radical (unpaired) electrons. The molecule has 0 aliphatic carbocycles. The third-order valence-corrected chi connectivity index (χ3v) is 7.65. The second kappa shape index (κ2) is 9.81. The maximum Gasteiger partial charge on any atom is 0.0408 e. The maximum atomic E-state index is 13.2. The summed E-state index contributed by atoms with van der Waals surface area (Å²) in [5, 5.41) is 14.1. The number of nitrogens with zero attached hydrogens (tertiary/aromatic N) is 2. The van der Waals surface area contributed by atoms with E-state index in [0.717, 1.165) is 23.0 Å². The predicted molar refractivity (Wildman–Crippen MR) is 159 cm³/mol. The van der Waals surface area contributed by atoms with Gasteiger partial charge in [0, 0.05) is 44.1 Å². The van der Waals surface area contributed by atoms with Gasteiger partial charge in [-0.1, -0.05) is 99.9 Å². The summed E-state index contributed by atoms with van der Waals surface area (Å²) in [6.07, 6.45) is 3.46. The van der Waals surface area contributed by atoms with Crippen LogP contribution in [0.1, 0.15) is 0 Å². The van der Waals surface area contributed by atoms with Gasteiger partial charge in [-0.15, -0.1) is 29.7 Å². The zero-order chi connectivity index (χ0) is 26.8. The average molecular weight is 709 g/mol. The van der Waals surface area contributed by atoms with Crippen molar-refractivity contribution in [2.75, 3.05) is 0 Å². The van der Waals surface area contributed by atoms with Crippen molar-refractivity contribution in [3.63, 3.8) is 0 Å². The van der Waals surface area contributed by atoms with E-state index in [4.69, 9.17) is 4.98 Å². The summed E-state index contributed by atoms with van der Waals surface area (Å²) in [4.78, 5) is 8.71. The second-order valence-electron chi connectivity index (χ2n) is 9.89. The van der Waals surface area contributed by atoms with E-state index in [0.29, 0.717) is 5.69 Å². The van der Waals surface area contributed by atoms with E-state index in [1.807, 2.05) is 6.20 Å². The first-order valence-corrected chi connectivity index (χ1v) is 13.0. The molecule has 0 saturated carbocycles. The van der Waals surface area contributed by atoms with Crippen LogP contribution in [0.5, 0.6) is 0 Å². The second-order valence-corrected chi connectivity index (χ2v) is 9.89. The zero-order valence-corrected chi connectivity index (χ0v) is 23.8. The Kier molecular flexibility index (Phi) is 6.08. The van der Waals surface area contributed by atoms with Crippen LogP contribution in [0.25, 0.3) is 76.0 Å². The van der Waals surface area contributed by atoms with Crippen molar-refractivity contribution < 1.29 is 28.9 Å². The van der Waals surface area contributed by atoms with Crippen LogP contribution >= 0.6 is 0 Å². The summed E-state index contributed by atoms with van der Waals surface area (Å²) in [5.74, 6) is -1.29. The predicted octanol–water partition coefficient (Wildman–Crippen LogP) is 9.50. The smallest absolute Gasteiger partial charge is 0.0408 e. The third kappa shape index (κ3) is 3.93. The van der Waals surface area contributed by atoms with Crippen molar-refractivity contribution in [3.05, 3.63) is 133 Å². The summed E-state index contributed by atoms with van der Waals surface area (Å²) < 4.78 is 25.8. The topological polar surface area (TPSA) is 25.8 Å². The molecule has 0 N–H and O–H groups in total. The monoisotopic (exact) mass is 709 g/mol. The van der Waals surface area contributed by atoms with E-state index in [1.165, 1.54) is 53.9 Å². The van der Waals surface area contributed by atoms with Gasteiger partial charge >= 0.3 is 0 Å². The fraction of sp³-hybridized carbons (Fsp3) is 0. The van der Waals surface area contributed by atoms with Gasteiger partial charge < -0.3 is 9.97 Å². The van der Waals surface area contributed by atoms with Gasteiger partial charge in [-0.25, -0.2) is 0 Å². The van der Waals surface area contributed by atoms with E-state index in [2.05, 4.69) is 83.8 Å². The minimum Gasteiger partial charge on any atom is -0.305 e. The summed E-state index contributed by atoms with van der Waals surface area (Å²) >= 11 is 0. The van der Waals surface area contributed by atoms with Crippen LogP contribution in [0.2, 0.25) is 0 Å². The molecule has 9 aromatic rings. The molecule has 0 fully saturated rings. The Labute approximate surface area is 247 Å². The van der Waals surface area contributed by atoms with Crippen molar-refractivity contribution in [3.8, 4) is 11.3 Å². The number of halogens is 2. The quantitative estimate of drug-likeness (QED) is 0.0965. The molecule has 197 valence electrons. The molecule has 0 bridgehead atoms. The molecular formula is C36H18F2IrN2-2. The Morgan fingerprint density at radius 2 is 1.37 bits per heavy atom. The molecular weight excluding hydrogens is 691 g/mol.